The Bertz CT molecular complexity index is 579. The fourth-order valence-corrected chi connectivity index (χ4v) is 2.98. The van der Waals surface area contributed by atoms with Gasteiger partial charge in [-0.15, -0.1) is 11.8 Å². The summed E-state index contributed by atoms with van der Waals surface area (Å²) in [6.45, 7) is 3.43. The topological polar surface area (TPSA) is 38.4 Å². The maximum Gasteiger partial charge on any atom is 0.0512 e. The van der Waals surface area contributed by atoms with Gasteiger partial charge in [0, 0.05) is 29.0 Å². The maximum atomic E-state index is 5.46. The minimum absolute atomic E-state index is 0.592. The summed E-state index contributed by atoms with van der Waals surface area (Å²) in [5.74, 6) is 0.981. The zero-order valence-electron chi connectivity index (χ0n) is 11.8. The minimum atomic E-state index is 0.592. The van der Waals surface area contributed by atoms with Crippen molar-refractivity contribution in [3.8, 4) is 0 Å². The zero-order valence-corrected chi connectivity index (χ0v) is 12.6. The highest BCUT2D eigenvalue weighted by Gasteiger charge is 2.02. The van der Waals surface area contributed by atoms with E-state index in [0.29, 0.717) is 13.1 Å². The molecule has 0 radical (unpaired) electrons. The molecule has 0 aliphatic heterocycles. The summed E-state index contributed by atoms with van der Waals surface area (Å²) in [5, 5.41) is 0. The molecule has 2 aromatic carbocycles. The quantitative estimate of drug-likeness (QED) is 0.649. The van der Waals surface area contributed by atoms with Crippen LogP contribution in [0.15, 0.2) is 58.4 Å². The summed E-state index contributed by atoms with van der Waals surface area (Å²) in [7, 11) is 0. The van der Waals surface area contributed by atoms with E-state index in [2.05, 4.69) is 54.4 Å². The molecule has 104 valence electrons. The number of nitrogens with zero attached hydrogens (tertiary/aromatic N) is 1. The predicted molar refractivity (Wildman–Crippen MR) is 88.7 cm³/mol. The van der Waals surface area contributed by atoms with E-state index < -0.39 is 0 Å². The van der Waals surface area contributed by atoms with Gasteiger partial charge in [0.25, 0.3) is 0 Å². The molecule has 0 heterocycles. The number of hydrogen-bond acceptors (Lipinski definition) is 3. The van der Waals surface area contributed by atoms with Crippen molar-refractivity contribution in [2.75, 3.05) is 13.1 Å². The van der Waals surface area contributed by atoms with E-state index in [-0.39, 0.29) is 0 Å². The van der Waals surface area contributed by atoms with Crippen molar-refractivity contribution in [3.63, 3.8) is 0 Å². The largest absolute Gasteiger partial charge is 0.329 e. The molecule has 2 N–H and O–H groups in total. The van der Waals surface area contributed by atoms with Gasteiger partial charge in [-0.25, -0.2) is 0 Å². The molecule has 0 bridgehead atoms. The van der Waals surface area contributed by atoms with Crippen LogP contribution in [0.4, 0.5) is 0 Å². The molecule has 2 rings (SSSR count). The van der Waals surface area contributed by atoms with Crippen LogP contribution in [0.3, 0.4) is 0 Å². The molecule has 0 spiro atoms. The molecular weight excluding hydrogens is 264 g/mol. The number of rotatable bonds is 6. The summed E-state index contributed by atoms with van der Waals surface area (Å²) < 4.78 is 0. The van der Waals surface area contributed by atoms with Crippen LogP contribution in [0, 0.1) is 6.92 Å². The molecular formula is C17H20N2S. The molecule has 2 nitrogen and oxygen atoms in total. The normalized spacial score (nSPS) is 11.1. The summed E-state index contributed by atoms with van der Waals surface area (Å²) >= 11 is 1.85. The van der Waals surface area contributed by atoms with Crippen LogP contribution in [-0.2, 0) is 5.75 Å². The molecule has 0 aromatic heterocycles. The number of thioether (sulfide) groups is 1. The van der Waals surface area contributed by atoms with Crippen molar-refractivity contribution in [2.45, 2.75) is 17.6 Å². The molecule has 0 aliphatic carbocycles. The third-order valence-electron chi connectivity index (χ3n) is 3.05. The first-order chi connectivity index (χ1) is 9.81. The Labute approximate surface area is 125 Å². The van der Waals surface area contributed by atoms with Gasteiger partial charge in [0.1, 0.15) is 0 Å². The van der Waals surface area contributed by atoms with Gasteiger partial charge in [0.15, 0.2) is 0 Å². The highest BCUT2D eigenvalue weighted by molar-refractivity contribution is 7.98. The van der Waals surface area contributed by atoms with Crippen molar-refractivity contribution in [1.82, 2.24) is 0 Å². The van der Waals surface area contributed by atoms with E-state index in [1.807, 2.05) is 24.0 Å². The third-order valence-corrected chi connectivity index (χ3v) is 4.19. The fourth-order valence-electron chi connectivity index (χ4n) is 1.88. The molecule has 0 fully saturated rings. The number of nitrogens with two attached hydrogens (primary N) is 1. The number of benzene rings is 2. The van der Waals surface area contributed by atoms with Crippen LogP contribution in [0.25, 0.3) is 0 Å². The van der Waals surface area contributed by atoms with Crippen molar-refractivity contribution < 1.29 is 0 Å². The van der Waals surface area contributed by atoms with E-state index in [1.165, 1.54) is 21.6 Å². The van der Waals surface area contributed by atoms with Crippen LogP contribution in [0.1, 0.15) is 16.7 Å². The van der Waals surface area contributed by atoms with Crippen LogP contribution in [0.2, 0.25) is 0 Å². The summed E-state index contributed by atoms with van der Waals surface area (Å²) in [6, 6.07) is 16.9. The van der Waals surface area contributed by atoms with E-state index in [0.717, 1.165) is 5.75 Å². The molecule has 0 saturated carbocycles. The monoisotopic (exact) mass is 284 g/mol. The van der Waals surface area contributed by atoms with Crippen LogP contribution < -0.4 is 5.73 Å². The predicted octanol–water partition coefficient (Wildman–Crippen LogP) is 3.66. The van der Waals surface area contributed by atoms with Crippen LogP contribution in [0.5, 0.6) is 0 Å². The molecule has 0 saturated heterocycles. The first-order valence-corrected chi connectivity index (χ1v) is 7.76. The lowest BCUT2D eigenvalue weighted by atomic mass is 10.1. The Morgan fingerprint density at radius 2 is 1.85 bits per heavy atom. The van der Waals surface area contributed by atoms with E-state index >= 15 is 0 Å². The Balaban J connectivity index is 2.08. The Morgan fingerprint density at radius 3 is 2.65 bits per heavy atom. The second kappa shape index (κ2) is 7.88. The van der Waals surface area contributed by atoms with Gasteiger partial charge in [-0.3, -0.25) is 4.99 Å². The maximum absolute atomic E-state index is 5.46. The smallest absolute Gasteiger partial charge is 0.0512 e. The summed E-state index contributed by atoms with van der Waals surface area (Å²) in [5.41, 5.74) is 9.35. The summed E-state index contributed by atoms with van der Waals surface area (Å²) in [6.07, 6.45) is 1.92. The van der Waals surface area contributed by atoms with Gasteiger partial charge in [0.05, 0.1) is 6.54 Å². The molecule has 0 amide bonds. The molecule has 20 heavy (non-hydrogen) atoms. The van der Waals surface area contributed by atoms with Gasteiger partial charge >= 0.3 is 0 Å². The molecule has 2 aromatic rings. The van der Waals surface area contributed by atoms with Crippen LogP contribution >= 0.6 is 11.8 Å². The number of aliphatic imine (C=N–C) groups is 1. The van der Waals surface area contributed by atoms with Gasteiger partial charge < -0.3 is 5.73 Å². The SMILES string of the molecule is Cc1ccccc1CSc1ccccc1C=NCCN. The lowest BCUT2D eigenvalue weighted by Crippen LogP contribution is -2.02. The highest BCUT2D eigenvalue weighted by atomic mass is 32.2. The lowest BCUT2D eigenvalue weighted by Gasteiger charge is -2.07. The number of hydrogen-bond donors (Lipinski definition) is 1. The Kier molecular flexibility index (Phi) is 5.84. The van der Waals surface area contributed by atoms with Crippen molar-refractivity contribution in [2.24, 2.45) is 10.7 Å². The average Bonchev–Trinajstić information content (AvgIpc) is 2.48. The molecule has 0 aliphatic rings. The molecule has 3 heteroatoms. The van der Waals surface area contributed by atoms with Crippen molar-refractivity contribution in [3.05, 3.63) is 65.2 Å². The van der Waals surface area contributed by atoms with Gasteiger partial charge in [-0.05, 0) is 24.1 Å². The second-order valence-corrected chi connectivity index (χ2v) is 5.59. The van der Waals surface area contributed by atoms with Gasteiger partial charge in [0.2, 0.25) is 0 Å². The van der Waals surface area contributed by atoms with E-state index in [4.69, 9.17) is 5.73 Å². The van der Waals surface area contributed by atoms with E-state index in [9.17, 15) is 0 Å². The standard InChI is InChI=1S/C17H20N2S/c1-14-6-2-3-8-16(14)13-20-17-9-5-4-7-15(17)12-19-11-10-18/h2-9,12H,10-11,13,18H2,1H3. The number of aryl methyl sites for hydroxylation is 1. The highest BCUT2D eigenvalue weighted by Crippen LogP contribution is 2.26. The van der Waals surface area contributed by atoms with Crippen LogP contribution in [-0.4, -0.2) is 19.3 Å². The first kappa shape index (κ1) is 14.8. The van der Waals surface area contributed by atoms with Crippen molar-refractivity contribution >= 4 is 18.0 Å². The Morgan fingerprint density at radius 1 is 1.10 bits per heavy atom. The Hall–Kier alpha value is -1.58. The zero-order chi connectivity index (χ0) is 14.2. The van der Waals surface area contributed by atoms with Crippen molar-refractivity contribution in [1.29, 1.82) is 0 Å². The lowest BCUT2D eigenvalue weighted by molar-refractivity contribution is 0.980. The minimum Gasteiger partial charge on any atom is -0.329 e. The third kappa shape index (κ3) is 4.22. The summed E-state index contributed by atoms with van der Waals surface area (Å²) in [4.78, 5) is 5.59. The van der Waals surface area contributed by atoms with E-state index in [1.54, 1.807) is 0 Å². The first-order valence-electron chi connectivity index (χ1n) is 6.77. The van der Waals surface area contributed by atoms with Gasteiger partial charge in [-0.1, -0.05) is 42.5 Å². The van der Waals surface area contributed by atoms with Gasteiger partial charge in [-0.2, -0.15) is 0 Å². The molecule has 0 unspecified atom stereocenters. The molecule has 0 atom stereocenters. The second-order valence-electron chi connectivity index (χ2n) is 4.58. The fraction of sp³-hybridized carbons (Fsp3) is 0.235. The average molecular weight is 284 g/mol.